The monoisotopic (exact) mass is 611 g/mol. The van der Waals surface area contributed by atoms with Gasteiger partial charge in [0, 0.05) is 38.2 Å². The maximum Gasteiger partial charge on any atom is 0.138 e. The van der Waals surface area contributed by atoms with Gasteiger partial charge in [-0.3, -0.25) is 4.57 Å². The van der Waals surface area contributed by atoms with Crippen LogP contribution in [0, 0.1) is 0 Å². The summed E-state index contributed by atoms with van der Waals surface area (Å²) in [5.41, 5.74) is 10.2. The summed E-state index contributed by atoms with van der Waals surface area (Å²) in [6.07, 6.45) is 0. The Bertz CT molecular complexity index is 2750. The van der Waals surface area contributed by atoms with E-state index >= 15 is 0 Å². The quantitative estimate of drug-likeness (QED) is 0.194. The summed E-state index contributed by atoms with van der Waals surface area (Å²) in [5, 5.41) is 7.32. The Labute approximate surface area is 277 Å². The number of pyridine rings is 1. The highest BCUT2D eigenvalue weighted by Gasteiger charge is 2.22. The molecule has 3 nitrogen and oxygen atoms in total. The molecule has 3 heterocycles. The Kier molecular flexibility index (Phi) is 5.87. The number of fused-ring (bicyclic) bond motifs is 9. The van der Waals surface area contributed by atoms with E-state index in [2.05, 4.69) is 185 Å². The van der Waals surface area contributed by atoms with Crippen molar-refractivity contribution in [2.24, 2.45) is 0 Å². The van der Waals surface area contributed by atoms with E-state index in [0.717, 1.165) is 44.9 Å². The second kappa shape index (κ2) is 10.5. The predicted molar refractivity (Wildman–Crippen MR) is 201 cm³/mol. The summed E-state index contributed by atoms with van der Waals surface area (Å²) in [6.45, 7) is 0. The van der Waals surface area contributed by atoms with Gasteiger partial charge in [0.1, 0.15) is 5.82 Å². The smallest absolute Gasteiger partial charge is 0.138 e. The molecule has 0 bridgehead atoms. The molecular formula is C45H29N3. The fraction of sp³-hybridized carbons (Fsp3) is 0. The van der Waals surface area contributed by atoms with Gasteiger partial charge in [0.05, 0.1) is 27.8 Å². The Hall–Kier alpha value is -6.45. The number of hydrogen-bond donors (Lipinski definition) is 0. The molecule has 48 heavy (non-hydrogen) atoms. The van der Waals surface area contributed by atoms with Crippen LogP contribution in [0.2, 0.25) is 0 Å². The summed E-state index contributed by atoms with van der Waals surface area (Å²) >= 11 is 0. The standard InChI is InChI=1S/C45H29N3/c1-4-14-30(15-5-1)33-28-39(31-16-6-2-7-17-31)46-42(29-33)48-41-23-13-11-21-36(41)38-27-25-32-24-26-37-35-20-10-12-22-40(35)47(34-18-8-3-9-19-34)44(37)43(32)45(38)48/h1-29H. The lowest BCUT2D eigenvalue weighted by molar-refractivity contribution is 1.09. The Balaban J connectivity index is 1.42. The van der Waals surface area contributed by atoms with E-state index in [1.807, 2.05) is 0 Å². The van der Waals surface area contributed by atoms with Gasteiger partial charge in [-0.25, -0.2) is 4.98 Å². The van der Waals surface area contributed by atoms with Crippen molar-refractivity contribution in [2.45, 2.75) is 0 Å². The lowest BCUT2D eigenvalue weighted by atomic mass is 10.0. The highest BCUT2D eigenvalue weighted by atomic mass is 15.1. The third-order valence-electron chi connectivity index (χ3n) is 9.68. The molecule has 10 aromatic rings. The molecule has 0 fully saturated rings. The van der Waals surface area contributed by atoms with Crippen LogP contribution in [0.5, 0.6) is 0 Å². The van der Waals surface area contributed by atoms with Gasteiger partial charge < -0.3 is 4.57 Å². The number of para-hydroxylation sites is 3. The zero-order valence-corrected chi connectivity index (χ0v) is 26.1. The molecule has 0 unspecified atom stereocenters. The number of nitrogens with zero attached hydrogens (tertiary/aromatic N) is 3. The van der Waals surface area contributed by atoms with Gasteiger partial charge in [-0.1, -0.05) is 140 Å². The SMILES string of the molecule is c1ccc(-c2cc(-c3ccccc3)nc(-n3c4ccccc4c4ccc5ccc6c7ccccc7n(-c7ccccc7)c6c5c43)c2)cc1. The summed E-state index contributed by atoms with van der Waals surface area (Å²) < 4.78 is 4.84. The van der Waals surface area contributed by atoms with Crippen LogP contribution >= 0.6 is 0 Å². The van der Waals surface area contributed by atoms with Crippen LogP contribution in [0.3, 0.4) is 0 Å². The van der Waals surface area contributed by atoms with Gasteiger partial charge in [-0.15, -0.1) is 0 Å². The predicted octanol–water partition coefficient (Wildman–Crippen LogP) is 11.8. The largest absolute Gasteiger partial charge is 0.309 e. The number of benzene rings is 7. The Morgan fingerprint density at radius 3 is 1.54 bits per heavy atom. The van der Waals surface area contributed by atoms with Gasteiger partial charge >= 0.3 is 0 Å². The van der Waals surface area contributed by atoms with Crippen molar-refractivity contribution in [1.29, 1.82) is 0 Å². The van der Waals surface area contributed by atoms with Gasteiger partial charge in [0.25, 0.3) is 0 Å². The minimum atomic E-state index is 0.897. The van der Waals surface area contributed by atoms with E-state index < -0.39 is 0 Å². The average molecular weight is 612 g/mol. The molecule has 224 valence electrons. The summed E-state index contributed by atoms with van der Waals surface area (Å²) in [6, 6.07) is 63.0. The molecule has 0 aliphatic heterocycles. The lowest BCUT2D eigenvalue weighted by Crippen LogP contribution is -2.01. The van der Waals surface area contributed by atoms with Crippen molar-refractivity contribution in [3.8, 4) is 33.9 Å². The molecule has 0 saturated heterocycles. The zero-order chi connectivity index (χ0) is 31.6. The van der Waals surface area contributed by atoms with Crippen LogP contribution in [0.25, 0.3) is 88.3 Å². The third-order valence-corrected chi connectivity index (χ3v) is 9.68. The van der Waals surface area contributed by atoms with Gasteiger partial charge in [-0.05, 0) is 52.9 Å². The van der Waals surface area contributed by atoms with E-state index in [0.29, 0.717) is 0 Å². The summed E-state index contributed by atoms with van der Waals surface area (Å²) in [4.78, 5) is 5.44. The molecule has 3 aromatic heterocycles. The minimum Gasteiger partial charge on any atom is -0.309 e. The van der Waals surface area contributed by atoms with Gasteiger partial charge in [0.2, 0.25) is 0 Å². The maximum atomic E-state index is 5.44. The molecule has 10 rings (SSSR count). The molecule has 0 amide bonds. The van der Waals surface area contributed by atoms with Crippen LogP contribution in [0.15, 0.2) is 176 Å². The molecule has 0 spiro atoms. The van der Waals surface area contributed by atoms with Crippen molar-refractivity contribution >= 4 is 54.4 Å². The van der Waals surface area contributed by atoms with Crippen molar-refractivity contribution in [1.82, 2.24) is 14.1 Å². The average Bonchev–Trinajstić information content (AvgIpc) is 3.69. The molecule has 7 aromatic carbocycles. The van der Waals surface area contributed by atoms with Crippen LogP contribution < -0.4 is 0 Å². The van der Waals surface area contributed by atoms with Crippen molar-refractivity contribution in [3.63, 3.8) is 0 Å². The highest BCUT2D eigenvalue weighted by Crippen LogP contribution is 2.43. The van der Waals surface area contributed by atoms with E-state index in [9.17, 15) is 0 Å². The molecule has 3 heteroatoms. The normalized spacial score (nSPS) is 11.8. The van der Waals surface area contributed by atoms with E-state index in [-0.39, 0.29) is 0 Å². The first kappa shape index (κ1) is 26.7. The topological polar surface area (TPSA) is 22.8 Å². The third kappa shape index (κ3) is 3.98. The molecule has 0 aliphatic carbocycles. The first-order valence-electron chi connectivity index (χ1n) is 16.4. The number of aromatic nitrogens is 3. The number of rotatable bonds is 4. The highest BCUT2D eigenvalue weighted by molar-refractivity contribution is 6.28. The fourth-order valence-corrected chi connectivity index (χ4v) is 7.58. The first-order valence-corrected chi connectivity index (χ1v) is 16.4. The van der Waals surface area contributed by atoms with E-state index in [1.54, 1.807) is 0 Å². The van der Waals surface area contributed by atoms with Crippen LogP contribution in [0.1, 0.15) is 0 Å². The Morgan fingerprint density at radius 1 is 0.375 bits per heavy atom. The lowest BCUT2D eigenvalue weighted by Gasteiger charge is -2.15. The van der Waals surface area contributed by atoms with Crippen molar-refractivity contribution < 1.29 is 0 Å². The van der Waals surface area contributed by atoms with Crippen molar-refractivity contribution in [3.05, 3.63) is 176 Å². The fourth-order valence-electron chi connectivity index (χ4n) is 7.58. The van der Waals surface area contributed by atoms with Crippen LogP contribution in [0.4, 0.5) is 0 Å². The minimum absolute atomic E-state index is 0.897. The summed E-state index contributed by atoms with van der Waals surface area (Å²) in [5.74, 6) is 0.897. The zero-order valence-electron chi connectivity index (χ0n) is 26.1. The molecule has 0 aliphatic rings. The molecule has 0 saturated carbocycles. The van der Waals surface area contributed by atoms with Crippen LogP contribution in [-0.2, 0) is 0 Å². The molecule has 0 N–H and O–H groups in total. The van der Waals surface area contributed by atoms with E-state index in [1.165, 1.54) is 43.4 Å². The summed E-state index contributed by atoms with van der Waals surface area (Å²) in [7, 11) is 0. The van der Waals surface area contributed by atoms with Gasteiger partial charge in [0.15, 0.2) is 0 Å². The molecule has 0 radical (unpaired) electrons. The Morgan fingerprint density at radius 2 is 0.896 bits per heavy atom. The van der Waals surface area contributed by atoms with Crippen LogP contribution in [-0.4, -0.2) is 14.1 Å². The first-order chi connectivity index (χ1) is 23.8. The maximum absolute atomic E-state index is 5.44. The number of hydrogen-bond acceptors (Lipinski definition) is 1. The second-order valence-electron chi connectivity index (χ2n) is 12.4. The van der Waals surface area contributed by atoms with E-state index in [4.69, 9.17) is 4.98 Å². The second-order valence-corrected chi connectivity index (χ2v) is 12.4. The molecule has 0 atom stereocenters. The van der Waals surface area contributed by atoms with Crippen molar-refractivity contribution in [2.75, 3.05) is 0 Å². The van der Waals surface area contributed by atoms with Gasteiger partial charge in [-0.2, -0.15) is 0 Å². The molecular weight excluding hydrogens is 583 g/mol.